The normalized spacial score (nSPS) is 14.7. The molecule has 1 aliphatic carbocycles. The Morgan fingerprint density at radius 3 is 2.50 bits per heavy atom. The smallest absolute Gasteiger partial charge is 0.235 e. The van der Waals surface area contributed by atoms with Gasteiger partial charge in [0.25, 0.3) is 0 Å². The van der Waals surface area contributed by atoms with Gasteiger partial charge in [-0.1, -0.05) is 48.7 Å². The number of ether oxygens (including phenoxy) is 1. The van der Waals surface area contributed by atoms with Gasteiger partial charge >= 0.3 is 0 Å². The van der Waals surface area contributed by atoms with Crippen LogP contribution in [0.3, 0.4) is 0 Å². The van der Waals surface area contributed by atoms with Crippen molar-refractivity contribution in [2.45, 2.75) is 58.5 Å². The summed E-state index contributed by atoms with van der Waals surface area (Å²) in [5, 5.41) is 14.6. The summed E-state index contributed by atoms with van der Waals surface area (Å²) < 4.78 is 10.8. The van der Waals surface area contributed by atoms with Gasteiger partial charge in [-0.25, -0.2) is 0 Å². The molecule has 0 amide bonds. The third kappa shape index (κ3) is 6.07. The Morgan fingerprint density at radius 2 is 1.82 bits per heavy atom. The first-order valence-electron chi connectivity index (χ1n) is 11.8. The van der Waals surface area contributed by atoms with Crippen molar-refractivity contribution in [3.8, 4) is 11.5 Å². The maximum Gasteiger partial charge on any atom is 0.235 e. The molecule has 2 aromatic carbocycles. The highest BCUT2D eigenvalue weighted by Crippen LogP contribution is 2.32. The van der Waals surface area contributed by atoms with Gasteiger partial charge in [0.15, 0.2) is 12.4 Å². The number of hydrogen-bond donors (Lipinski definition) is 1. The number of nitrogens with zero attached hydrogens (tertiary/aromatic N) is 1. The molecule has 1 aliphatic rings. The van der Waals surface area contributed by atoms with E-state index in [-0.39, 0.29) is 23.9 Å². The van der Waals surface area contributed by atoms with E-state index in [4.69, 9.17) is 14.0 Å². The number of oxime groups is 1. The molecule has 6 heteroatoms. The van der Waals surface area contributed by atoms with Crippen LogP contribution in [0, 0.1) is 6.92 Å². The highest BCUT2D eigenvalue weighted by molar-refractivity contribution is 6.00. The number of ketones is 1. The van der Waals surface area contributed by atoms with E-state index in [1.54, 1.807) is 38.1 Å². The van der Waals surface area contributed by atoms with E-state index < -0.39 is 0 Å². The number of carbonyl (C=O) groups is 1. The van der Waals surface area contributed by atoms with Crippen LogP contribution in [0.5, 0.6) is 11.5 Å². The maximum absolute atomic E-state index is 12.1. The van der Waals surface area contributed by atoms with Gasteiger partial charge in [-0.15, -0.1) is 0 Å². The third-order valence-electron chi connectivity index (χ3n) is 6.23. The number of aryl methyl sites for hydroxylation is 1. The van der Waals surface area contributed by atoms with Gasteiger partial charge in [-0.3, -0.25) is 4.79 Å². The molecule has 0 bridgehead atoms. The lowest BCUT2D eigenvalue weighted by Gasteiger charge is -2.22. The Balaban J connectivity index is 1.29. The van der Waals surface area contributed by atoms with Gasteiger partial charge in [0, 0.05) is 11.6 Å². The largest absolute Gasteiger partial charge is 0.507 e. The highest BCUT2D eigenvalue weighted by atomic mass is 16.6. The molecule has 6 nitrogen and oxygen atoms in total. The van der Waals surface area contributed by atoms with Crippen LogP contribution >= 0.6 is 0 Å². The zero-order valence-electron chi connectivity index (χ0n) is 19.8. The van der Waals surface area contributed by atoms with E-state index in [0.29, 0.717) is 35.3 Å². The molecule has 1 aromatic heterocycles. The molecule has 1 saturated carbocycles. The first-order chi connectivity index (χ1) is 16.5. The van der Waals surface area contributed by atoms with E-state index in [0.717, 1.165) is 5.56 Å². The monoisotopic (exact) mass is 461 g/mol. The molecule has 178 valence electrons. The fourth-order valence-corrected chi connectivity index (χ4v) is 4.29. The lowest BCUT2D eigenvalue weighted by atomic mass is 9.84. The van der Waals surface area contributed by atoms with Gasteiger partial charge in [0.2, 0.25) is 5.78 Å². The molecule has 0 aliphatic heterocycles. The van der Waals surface area contributed by atoms with Crippen LogP contribution in [-0.4, -0.2) is 23.2 Å². The molecule has 4 rings (SSSR count). The van der Waals surface area contributed by atoms with Gasteiger partial charge in [-0.05, 0) is 68.0 Å². The molecular weight excluding hydrogens is 430 g/mol. The Morgan fingerprint density at radius 1 is 1.06 bits per heavy atom. The van der Waals surface area contributed by atoms with E-state index in [1.165, 1.54) is 43.7 Å². The van der Waals surface area contributed by atoms with Gasteiger partial charge in [0.05, 0.1) is 5.71 Å². The average molecular weight is 462 g/mol. The first kappa shape index (κ1) is 23.6. The minimum Gasteiger partial charge on any atom is -0.507 e. The van der Waals surface area contributed by atoms with Gasteiger partial charge in [0.1, 0.15) is 23.9 Å². The molecule has 3 aromatic rings. The van der Waals surface area contributed by atoms with Crippen molar-refractivity contribution >= 4 is 11.5 Å². The minimum absolute atomic E-state index is 0.000442. The zero-order chi connectivity index (χ0) is 23.9. The van der Waals surface area contributed by atoms with Crippen molar-refractivity contribution < 1.29 is 23.9 Å². The highest BCUT2D eigenvalue weighted by Gasteiger charge is 2.15. The third-order valence-corrected chi connectivity index (χ3v) is 6.23. The van der Waals surface area contributed by atoms with Crippen LogP contribution in [0.4, 0.5) is 0 Å². The van der Waals surface area contributed by atoms with Crippen LogP contribution in [-0.2, 0) is 11.4 Å². The molecular formula is C28H31NO5. The number of carbonyl (C=O) groups excluding carboxylic acids is 1. The lowest BCUT2D eigenvalue weighted by molar-refractivity contribution is 0.0892. The number of rotatable bonds is 9. The van der Waals surface area contributed by atoms with Crippen LogP contribution in [0.15, 0.2) is 64.2 Å². The molecule has 0 atom stereocenters. The predicted molar refractivity (Wildman–Crippen MR) is 131 cm³/mol. The second-order valence-corrected chi connectivity index (χ2v) is 8.83. The van der Waals surface area contributed by atoms with Crippen molar-refractivity contribution in [3.63, 3.8) is 0 Å². The van der Waals surface area contributed by atoms with E-state index >= 15 is 0 Å². The summed E-state index contributed by atoms with van der Waals surface area (Å²) in [6.07, 6.45) is 6.58. The predicted octanol–water partition coefficient (Wildman–Crippen LogP) is 6.54. The summed E-state index contributed by atoms with van der Waals surface area (Å²) >= 11 is 0. The summed E-state index contributed by atoms with van der Waals surface area (Å²) in [6, 6.07) is 16.8. The molecule has 0 unspecified atom stereocenters. The molecule has 0 radical (unpaired) electrons. The van der Waals surface area contributed by atoms with Gasteiger partial charge < -0.3 is 19.1 Å². The van der Waals surface area contributed by atoms with Crippen molar-refractivity contribution in [2.24, 2.45) is 5.16 Å². The van der Waals surface area contributed by atoms with Crippen LogP contribution in [0.1, 0.15) is 78.0 Å². The molecule has 34 heavy (non-hydrogen) atoms. The Bertz CT molecular complexity index is 1140. The number of benzene rings is 2. The molecule has 1 heterocycles. The fraction of sp³-hybridized carbons (Fsp3) is 0.357. The van der Waals surface area contributed by atoms with Crippen LogP contribution < -0.4 is 4.74 Å². The summed E-state index contributed by atoms with van der Waals surface area (Å²) in [5.74, 6) is 1.71. The second-order valence-electron chi connectivity index (χ2n) is 8.83. The van der Waals surface area contributed by atoms with Crippen LogP contribution in [0.25, 0.3) is 0 Å². The van der Waals surface area contributed by atoms with Crippen LogP contribution in [0.2, 0.25) is 0 Å². The number of furan rings is 1. The Hall–Kier alpha value is -3.54. The fourth-order valence-electron chi connectivity index (χ4n) is 4.29. The quantitative estimate of drug-likeness (QED) is 0.222. The van der Waals surface area contributed by atoms with Crippen molar-refractivity contribution in [3.05, 3.63) is 82.8 Å². The van der Waals surface area contributed by atoms with E-state index in [9.17, 15) is 9.90 Å². The zero-order valence-corrected chi connectivity index (χ0v) is 19.8. The lowest BCUT2D eigenvalue weighted by Crippen LogP contribution is -2.10. The SMILES string of the molecule is C/C(=N\OCc1ccc(C2CCCCC2)cc1)c1ccc(OCC(=O)c2ccc(C)o2)cc1O. The van der Waals surface area contributed by atoms with Crippen molar-refractivity contribution in [2.75, 3.05) is 6.61 Å². The molecule has 1 N–H and O–H groups in total. The average Bonchev–Trinajstić information content (AvgIpc) is 3.30. The number of hydrogen-bond acceptors (Lipinski definition) is 6. The maximum atomic E-state index is 12.1. The molecule has 0 saturated heterocycles. The van der Waals surface area contributed by atoms with Gasteiger partial charge in [-0.2, -0.15) is 0 Å². The Kier molecular flexibility index (Phi) is 7.68. The van der Waals surface area contributed by atoms with Crippen molar-refractivity contribution in [1.82, 2.24) is 0 Å². The first-order valence-corrected chi connectivity index (χ1v) is 11.8. The summed E-state index contributed by atoms with van der Waals surface area (Å²) in [7, 11) is 0. The second kappa shape index (κ2) is 11.1. The summed E-state index contributed by atoms with van der Waals surface area (Å²) in [6.45, 7) is 3.72. The Labute approximate surface area is 200 Å². The molecule has 1 fully saturated rings. The van der Waals surface area contributed by atoms with E-state index in [2.05, 4.69) is 29.4 Å². The standard InChI is InChI=1S/C28H31NO5/c1-19-8-15-28(34-19)27(31)18-32-24-13-14-25(26(30)16-24)20(2)29-33-17-21-9-11-23(12-10-21)22-6-4-3-5-7-22/h8-16,22,30H,3-7,17-18H2,1-2H3/b29-20+. The number of aromatic hydroxyl groups is 1. The van der Waals surface area contributed by atoms with E-state index in [1.807, 2.05) is 0 Å². The summed E-state index contributed by atoms with van der Waals surface area (Å²) in [4.78, 5) is 17.6. The van der Waals surface area contributed by atoms with Crippen molar-refractivity contribution in [1.29, 1.82) is 0 Å². The molecule has 0 spiro atoms. The summed E-state index contributed by atoms with van der Waals surface area (Å²) in [5.41, 5.74) is 3.55. The minimum atomic E-state index is -0.269. The topological polar surface area (TPSA) is 81.3 Å². The number of Topliss-reactive ketones (excluding diaryl/α,β-unsaturated/α-hetero) is 1. The number of phenolic OH excluding ortho intramolecular Hbond substituents is 1. The number of phenols is 1.